The van der Waals surface area contributed by atoms with E-state index in [9.17, 15) is 9.59 Å². The van der Waals surface area contributed by atoms with E-state index in [0.29, 0.717) is 12.8 Å². The van der Waals surface area contributed by atoms with E-state index in [2.05, 4.69) is 0 Å². The number of carbonyl (C=O) groups excluding carboxylic acids is 2. The summed E-state index contributed by atoms with van der Waals surface area (Å²) < 4.78 is -0.0544. The zero-order valence-electron chi connectivity index (χ0n) is 5.76. The average molecular weight is 252 g/mol. The predicted octanol–water partition coefficient (Wildman–Crippen LogP) is 1.36. The van der Waals surface area contributed by atoms with Gasteiger partial charge < -0.3 is 0 Å². The van der Waals surface area contributed by atoms with Gasteiger partial charge in [-0.25, -0.2) is 0 Å². The van der Waals surface area contributed by atoms with E-state index >= 15 is 0 Å². The van der Waals surface area contributed by atoms with Crippen molar-refractivity contribution in [2.24, 2.45) is 5.92 Å². The third-order valence-corrected chi connectivity index (χ3v) is 2.92. The molecule has 0 spiro atoms. The summed E-state index contributed by atoms with van der Waals surface area (Å²) in [4.78, 5) is 22.0. The van der Waals surface area contributed by atoms with Gasteiger partial charge >= 0.3 is 0 Å². The standard InChI is InChI=1S/C7H9IO2/c1-4-2-7(10)5(8)3-6(4)9/h4-5H,2-3H2,1H3. The molecule has 2 atom stereocenters. The van der Waals surface area contributed by atoms with Crippen LogP contribution in [0.4, 0.5) is 0 Å². The molecule has 56 valence electrons. The Balaban J connectivity index is 2.63. The number of Topliss-reactive ketones (excluding diaryl/α,β-unsaturated/α-hetero) is 2. The Morgan fingerprint density at radius 1 is 1.30 bits per heavy atom. The second kappa shape index (κ2) is 2.98. The van der Waals surface area contributed by atoms with E-state index in [1.807, 2.05) is 29.5 Å². The molecule has 0 heterocycles. The Kier molecular flexibility index (Phi) is 2.44. The van der Waals surface area contributed by atoms with Crippen LogP contribution in [0.1, 0.15) is 19.8 Å². The van der Waals surface area contributed by atoms with Crippen LogP contribution in [0.2, 0.25) is 0 Å². The second-order valence-electron chi connectivity index (χ2n) is 2.71. The maximum absolute atomic E-state index is 11.0. The first-order valence-electron chi connectivity index (χ1n) is 3.30. The summed E-state index contributed by atoms with van der Waals surface area (Å²) in [6.45, 7) is 1.82. The topological polar surface area (TPSA) is 34.1 Å². The van der Waals surface area contributed by atoms with Crippen LogP contribution in [0, 0.1) is 5.92 Å². The van der Waals surface area contributed by atoms with Crippen molar-refractivity contribution in [3.63, 3.8) is 0 Å². The van der Waals surface area contributed by atoms with Gasteiger partial charge in [-0.15, -0.1) is 0 Å². The maximum Gasteiger partial charge on any atom is 0.146 e. The number of ketones is 2. The van der Waals surface area contributed by atoms with E-state index < -0.39 is 0 Å². The molecular formula is C7H9IO2. The van der Waals surface area contributed by atoms with Gasteiger partial charge in [-0.05, 0) is 0 Å². The monoisotopic (exact) mass is 252 g/mol. The molecule has 2 nitrogen and oxygen atoms in total. The van der Waals surface area contributed by atoms with Gasteiger partial charge in [0.05, 0.1) is 3.92 Å². The Bertz CT molecular complexity index is 156. The minimum atomic E-state index is -0.0544. The lowest BCUT2D eigenvalue weighted by molar-refractivity contribution is -0.131. The average Bonchev–Trinajstić information content (AvgIpc) is 1.84. The minimum absolute atomic E-state index is 0.0292. The molecule has 0 radical (unpaired) electrons. The van der Waals surface area contributed by atoms with Crippen LogP contribution in [0.3, 0.4) is 0 Å². The Hall–Kier alpha value is 0.0700. The van der Waals surface area contributed by atoms with Gasteiger partial charge in [0.2, 0.25) is 0 Å². The largest absolute Gasteiger partial charge is 0.299 e. The summed E-state index contributed by atoms with van der Waals surface area (Å²) >= 11 is 2.04. The van der Waals surface area contributed by atoms with Crippen LogP contribution < -0.4 is 0 Å². The smallest absolute Gasteiger partial charge is 0.146 e. The van der Waals surface area contributed by atoms with Crippen LogP contribution in [0.15, 0.2) is 0 Å². The number of hydrogen-bond donors (Lipinski definition) is 0. The van der Waals surface area contributed by atoms with Crippen LogP contribution in [0.5, 0.6) is 0 Å². The van der Waals surface area contributed by atoms with Gasteiger partial charge in [0, 0.05) is 18.8 Å². The van der Waals surface area contributed by atoms with Crippen molar-refractivity contribution in [2.45, 2.75) is 23.7 Å². The molecule has 1 aliphatic carbocycles. The fraction of sp³-hybridized carbons (Fsp3) is 0.714. The molecule has 1 fully saturated rings. The lowest BCUT2D eigenvalue weighted by Gasteiger charge is -2.19. The van der Waals surface area contributed by atoms with Crippen molar-refractivity contribution in [1.82, 2.24) is 0 Å². The molecule has 1 rings (SSSR count). The highest BCUT2D eigenvalue weighted by Gasteiger charge is 2.29. The quantitative estimate of drug-likeness (QED) is 0.481. The highest BCUT2D eigenvalue weighted by atomic mass is 127. The molecule has 0 saturated heterocycles. The molecule has 0 aromatic rings. The van der Waals surface area contributed by atoms with Crippen molar-refractivity contribution in [3.8, 4) is 0 Å². The minimum Gasteiger partial charge on any atom is -0.299 e. The van der Waals surface area contributed by atoms with E-state index in [4.69, 9.17) is 0 Å². The zero-order valence-corrected chi connectivity index (χ0v) is 7.92. The number of halogens is 1. The molecule has 1 aliphatic rings. The van der Waals surface area contributed by atoms with Crippen LogP contribution in [0.25, 0.3) is 0 Å². The summed E-state index contributed by atoms with van der Waals surface area (Å²) in [5.74, 6) is 0.435. The van der Waals surface area contributed by atoms with E-state index in [0.717, 1.165) is 0 Å². The SMILES string of the molecule is CC1CC(=O)C(I)CC1=O. The number of carbonyl (C=O) groups is 2. The predicted molar refractivity (Wildman–Crippen MR) is 46.2 cm³/mol. The molecule has 0 N–H and O–H groups in total. The molecular weight excluding hydrogens is 243 g/mol. The second-order valence-corrected chi connectivity index (χ2v) is 4.21. The summed E-state index contributed by atoms with van der Waals surface area (Å²) in [7, 11) is 0. The van der Waals surface area contributed by atoms with Gasteiger partial charge in [0.1, 0.15) is 11.6 Å². The fourth-order valence-corrected chi connectivity index (χ4v) is 1.72. The molecule has 1 saturated carbocycles. The molecule has 2 unspecified atom stereocenters. The van der Waals surface area contributed by atoms with Gasteiger partial charge in [0.25, 0.3) is 0 Å². The highest BCUT2D eigenvalue weighted by molar-refractivity contribution is 14.1. The molecule has 0 aliphatic heterocycles. The normalized spacial score (nSPS) is 34.6. The van der Waals surface area contributed by atoms with Crippen LogP contribution in [-0.2, 0) is 9.59 Å². The Labute approximate surface area is 73.5 Å². The first-order valence-corrected chi connectivity index (χ1v) is 4.55. The van der Waals surface area contributed by atoms with Gasteiger partial charge in [-0.3, -0.25) is 9.59 Å². The van der Waals surface area contributed by atoms with Crippen molar-refractivity contribution in [1.29, 1.82) is 0 Å². The number of alkyl halides is 1. The Morgan fingerprint density at radius 3 is 2.40 bits per heavy atom. The zero-order chi connectivity index (χ0) is 7.72. The first kappa shape index (κ1) is 8.17. The van der Waals surface area contributed by atoms with Gasteiger partial charge in [-0.2, -0.15) is 0 Å². The van der Waals surface area contributed by atoms with Crippen molar-refractivity contribution >= 4 is 34.2 Å². The van der Waals surface area contributed by atoms with Crippen molar-refractivity contribution in [3.05, 3.63) is 0 Å². The Morgan fingerprint density at radius 2 is 1.90 bits per heavy atom. The third-order valence-electron chi connectivity index (χ3n) is 1.79. The molecule has 0 amide bonds. The van der Waals surface area contributed by atoms with Gasteiger partial charge in [0.15, 0.2) is 0 Å². The van der Waals surface area contributed by atoms with Gasteiger partial charge in [-0.1, -0.05) is 29.5 Å². The van der Waals surface area contributed by atoms with E-state index in [-0.39, 0.29) is 21.4 Å². The summed E-state index contributed by atoms with van der Waals surface area (Å²) in [5, 5.41) is 0. The molecule has 10 heavy (non-hydrogen) atoms. The molecule has 0 aromatic carbocycles. The van der Waals surface area contributed by atoms with E-state index in [1.54, 1.807) is 0 Å². The highest BCUT2D eigenvalue weighted by Crippen LogP contribution is 2.22. The van der Waals surface area contributed by atoms with Crippen molar-refractivity contribution in [2.75, 3.05) is 0 Å². The molecule has 3 heteroatoms. The maximum atomic E-state index is 11.0. The molecule has 0 aromatic heterocycles. The lowest BCUT2D eigenvalue weighted by Crippen LogP contribution is -2.30. The first-order chi connectivity index (χ1) is 4.61. The summed E-state index contributed by atoms with van der Waals surface area (Å²) in [6, 6.07) is 0. The fourth-order valence-electron chi connectivity index (χ4n) is 1.04. The van der Waals surface area contributed by atoms with Crippen molar-refractivity contribution < 1.29 is 9.59 Å². The summed E-state index contributed by atoms with van der Waals surface area (Å²) in [6.07, 6.45) is 0.896. The van der Waals surface area contributed by atoms with Crippen LogP contribution >= 0.6 is 22.6 Å². The van der Waals surface area contributed by atoms with E-state index in [1.165, 1.54) is 0 Å². The lowest BCUT2D eigenvalue weighted by atomic mass is 9.89. The third kappa shape index (κ3) is 1.56. The number of hydrogen-bond acceptors (Lipinski definition) is 2. The molecule has 0 bridgehead atoms. The summed E-state index contributed by atoms with van der Waals surface area (Å²) in [5.41, 5.74) is 0. The number of rotatable bonds is 0. The van der Waals surface area contributed by atoms with Crippen LogP contribution in [-0.4, -0.2) is 15.5 Å².